The Labute approximate surface area is 123 Å². The summed E-state index contributed by atoms with van der Waals surface area (Å²) >= 11 is 0. The molecule has 1 aliphatic carbocycles. The van der Waals surface area contributed by atoms with Crippen molar-refractivity contribution < 1.29 is 13.6 Å². The summed E-state index contributed by atoms with van der Waals surface area (Å²) < 4.78 is 26.4. The summed E-state index contributed by atoms with van der Waals surface area (Å²) in [4.78, 5) is 12.2. The minimum absolute atomic E-state index is 0.0123. The van der Waals surface area contributed by atoms with Gasteiger partial charge in [-0.1, -0.05) is 38.1 Å². The first kappa shape index (κ1) is 14.4. The van der Waals surface area contributed by atoms with Crippen molar-refractivity contribution in [1.82, 2.24) is 10.6 Å². The summed E-state index contributed by atoms with van der Waals surface area (Å²) in [5.74, 6) is -3.11. The predicted molar refractivity (Wildman–Crippen MR) is 76.3 cm³/mol. The van der Waals surface area contributed by atoms with Gasteiger partial charge in [0.05, 0.1) is 18.6 Å². The average Bonchev–Trinajstić information content (AvgIpc) is 2.89. The van der Waals surface area contributed by atoms with Gasteiger partial charge in [0.25, 0.3) is 5.92 Å². The summed E-state index contributed by atoms with van der Waals surface area (Å²) in [6.07, 6.45) is 0.373. The van der Waals surface area contributed by atoms with Gasteiger partial charge in [-0.2, -0.15) is 0 Å². The molecule has 2 N–H and O–H groups in total. The maximum atomic E-state index is 13.2. The third-order valence-corrected chi connectivity index (χ3v) is 4.52. The quantitative estimate of drug-likeness (QED) is 0.880. The second kappa shape index (κ2) is 4.77. The molecule has 3 nitrogen and oxygen atoms in total. The van der Waals surface area contributed by atoms with Crippen LogP contribution < -0.4 is 10.6 Å². The van der Waals surface area contributed by atoms with E-state index < -0.39 is 24.9 Å². The fourth-order valence-corrected chi connectivity index (χ4v) is 3.45. The van der Waals surface area contributed by atoms with Gasteiger partial charge in [-0.25, -0.2) is 8.78 Å². The van der Waals surface area contributed by atoms with Gasteiger partial charge in [0.2, 0.25) is 5.91 Å². The molecule has 2 aliphatic rings. The number of hydrogen-bond donors (Lipinski definition) is 2. The molecule has 1 fully saturated rings. The molecule has 1 heterocycles. The SMILES string of the molecule is CC1(C)CC(NC(=O)C2CC(F)(F)CN2)c2ccccc21. The van der Waals surface area contributed by atoms with Crippen molar-refractivity contribution in [3.05, 3.63) is 35.4 Å². The molecule has 0 saturated carbocycles. The lowest BCUT2D eigenvalue weighted by atomic mass is 9.86. The van der Waals surface area contributed by atoms with Crippen LogP contribution in [0.5, 0.6) is 0 Å². The van der Waals surface area contributed by atoms with E-state index in [0.29, 0.717) is 0 Å². The molecule has 2 atom stereocenters. The zero-order valence-corrected chi connectivity index (χ0v) is 12.2. The molecule has 114 valence electrons. The Morgan fingerprint density at radius 3 is 2.67 bits per heavy atom. The van der Waals surface area contributed by atoms with Gasteiger partial charge in [0.1, 0.15) is 0 Å². The molecule has 0 bridgehead atoms. The molecule has 1 amide bonds. The summed E-state index contributed by atoms with van der Waals surface area (Å²) in [5.41, 5.74) is 2.31. The molecule has 1 aromatic rings. The summed E-state index contributed by atoms with van der Waals surface area (Å²) in [5, 5.41) is 5.54. The normalized spacial score (nSPS) is 29.1. The van der Waals surface area contributed by atoms with Gasteiger partial charge in [-0.15, -0.1) is 0 Å². The van der Waals surface area contributed by atoms with E-state index in [0.717, 1.165) is 12.0 Å². The zero-order chi connectivity index (χ0) is 15.3. The van der Waals surface area contributed by atoms with E-state index in [2.05, 4.69) is 30.5 Å². The smallest absolute Gasteiger partial charge is 0.262 e. The number of hydrogen-bond acceptors (Lipinski definition) is 2. The fraction of sp³-hybridized carbons (Fsp3) is 0.562. The second-order valence-corrected chi connectivity index (χ2v) is 6.73. The highest BCUT2D eigenvalue weighted by molar-refractivity contribution is 5.83. The van der Waals surface area contributed by atoms with E-state index in [1.165, 1.54) is 5.56 Å². The lowest BCUT2D eigenvalue weighted by Gasteiger charge is -2.20. The van der Waals surface area contributed by atoms with Crippen molar-refractivity contribution in [2.45, 2.75) is 50.1 Å². The summed E-state index contributed by atoms with van der Waals surface area (Å²) in [6, 6.07) is 7.12. The van der Waals surface area contributed by atoms with Crippen LogP contribution in [0, 0.1) is 0 Å². The van der Waals surface area contributed by atoms with Crippen molar-refractivity contribution in [3.63, 3.8) is 0 Å². The van der Waals surface area contributed by atoms with Gasteiger partial charge >= 0.3 is 0 Å². The highest BCUT2D eigenvalue weighted by Gasteiger charge is 2.44. The summed E-state index contributed by atoms with van der Waals surface area (Å²) in [7, 11) is 0. The topological polar surface area (TPSA) is 41.1 Å². The molecule has 5 heteroatoms. The van der Waals surface area contributed by atoms with E-state index in [9.17, 15) is 13.6 Å². The van der Waals surface area contributed by atoms with Crippen LogP contribution in [0.3, 0.4) is 0 Å². The molecule has 0 spiro atoms. The third-order valence-electron chi connectivity index (χ3n) is 4.52. The molecular formula is C16H20F2N2O. The number of carbonyl (C=O) groups excluding carboxylic acids is 1. The Bertz CT molecular complexity index is 571. The number of alkyl halides is 2. The largest absolute Gasteiger partial charge is 0.348 e. The Morgan fingerprint density at radius 2 is 2.00 bits per heavy atom. The van der Waals surface area contributed by atoms with E-state index >= 15 is 0 Å². The Balaban J connectivity index is 1.74. The molecule has 2 unspecified atom stereocenters. The molecule has 1 saturated heterocycles. The monoisotopic (exact) mass is 294 g/mol. The van der Waals surface area contributed by atoms with Crippen molar-refractivity contribution in [1.29, 1.82) is 0 Å². The summed E-state index contributed by atoms with van der Waals surface area (Å²) in [6.45, 7) is 3.86. The number of nitrogens with one attached hydrogen (secondary N) is 2. The molecule has 21 heavy (non-hydrogen) atoms. The highest BCUT2D eigenvalue weighted by atomic mass is 19.3. The van der Waals surface area contributed by atoms with Crippen LogP contribution in [0.1, 0.15) is 43.9 Å². The predicted octanol–water partition coefficient (Wildman–Crippen LogP) is 2.52. The number of benzene rings is 1. The molecule has 1 aliphatic heterocycles. The van der Waals surface area contributed by atoms with Crippen molar-refractivity contribution in [2.75, 3.05) is 6.54 Å². The zero-order valence-electron chi connectivity index (χ0n) is 12.2. The Kier molecular flexibility index (Phi) is 3.28. The highest BCUT2D eigenvalue weighted by Crippen LogP contribution is 2.44. The standard InChI is InChI=1S/C16H20F2N2O/c1-15(2)7-12(10-5-3-4-6-11(10)15)20-14(21)13-8-16(17,18)9-19-13/h3-6,12-13,19H,7-9H2,1-2H3,(H,20,21). The van der Waals surface area contributed by atoms with E-state index in [1.54, 1.807) is 0 Å². The number of fused-ring (bicyclic) bond motifs is 1. The maximum Gasteiger partial charge on any atom is 0.262 e. The van der Waals surface area contributed by atoms with Crippen LogP contribution >= 0.6 is 0 Å². The third kappa shape index (κ3) is 2.67. The van der Waals surface area contributed by atoms with Crippen LogP contribution in [-0.4, -0.2) is 24.4 Å². The molecule has 1 aromatic carbocycles. The molecular weight excluding hydrogens is 274 g/mol. The minimum Gasteiger partial charge on any atom is -0.348 e. The van der Waals surface area contributed by atoms with Gasteiger partial charge in [-0.3, -0.25) is 10.1 Å². The lowest BCUT2D eigenvalue weighted by Crippen LogP contribution is -2.41. The molecule has 0 radical (unpaired) electrons. The number of carbonyl (C=O) groups is 1. The fourth-order valence-electron chi connectivity index (χ4n) is 3.45. The number of rotatable bonds is 2. The van der Waals surface area contributed by atoms with E-state index in [-0.39, 0.29) is 17.4 Å². The van der Waals surface area contributed by atoms with Crippen molar-refractivity contribution >= 4 is 5.91 Å². The van der Waals surface area contributed by atoms with Gasteiger partial charge in [0.15, 0.2) is 0 Å². The Hall–Kier alpha value is -1.49. The minimum atomic E-state index is -2.78. The van der Waals surface area contributed by atoms with Crippen molar-refractivity contribution in [3.8, 4) is 0 Å². The van der Waals surface area contributed by atoms with Crippen LogP contribution in [0.15, 0.2) is 24.3 Å². The average molecular weight is 294 g/mol. The first-order chi connectivity index (χ1) is 9.78. The van der Waals surface area contributed by atoms with Crippen LogP contribution in [0.25, 0.3) is 0 Å². The second-order valence-electron chi connectivity index (χ2n) is 6.73. The maximum absolute atomic E-state index is 13.2. The number of amides is 1. The van der Waals surface area contributed by atoms with Crippen LogP contribution in [0.4, 0.5) is 8.78 Å². The number of halogens is 2. The Morgan fingerprint density at radius 1 is 1.29 bits per heavy atom. The van der Waals surface area contributed by atoms with E-state index in [1.807, 2.05) is 18.2 Å². The molecule has 0 aromatic heterocycles. The van der Waals surface area contributed by atoms with Crippen LogP contribution in [-0.2, 0) is 10.2 Å². The van der Waals surface area contributed by atoms with Gasteiger partial charge < -0.3 is 5.32 Å². The van der Waals surface area contributed by atoms with Gasteiger partial charge in [-0.05, 0) is 23.0 Å². The van der Waals surface area contributed by atoms with Crippen molar-refractivity contribution in [2.24, 2.45) is 0 Å². The lowest BCUT2D eigenvalue weighted by molar-refractivity contribution is -0.124. The van der Waals surface area contributed by atoms with E-state index in [4.69, 9.17) is 0 Å². The van der Waals surface area contributed by atoms with Gasteiger partial charge in [0, 0.05) is 6.42 Å². The first-order valence-electron chi connectivity index (χ1n) is 7.29. The first-order valence-corrected chi connectivity index (χ1v) is 7.29. The molecule has 3 rings (SSSR count). The van der Waals surface area contributed by atoms with Crippen LogP contribution in [0.2, 0.25) is 0 Å².